The topological polar surface area (TPSA) is 42.4 Å². The van der Waals surface area contributed by atoms with Crippen molar-refractivity contribution in [3.8, 4) is 5.75 Å². The van der Waals surface area contributed by atoms with Crippen molar-refractivity contribution in [1.29, 1.82) is 0 Å². The summed E-state index contributed by atoms with van der Waals surface area (Å²) in [7, 11) is 0. The van der Waals surface area contributed by atoms with Gasteiger partial charge in [0.15, 0.2) is 0 Å². The summed E-state index contributed by atoms with van der Waals surface area (Å²) in [6, 6.07) is 6.05. The minimum atomic E-state index is -0.270. The number of rotatable bonds is 5. The van der Waals surface area contributed by atoms with Gasteiger partial charge in [-0.05, 0) is 50.5 Å². The highest BCUT2D eigenvalue weighted by Gasteiger charge is 2.27. The molecule has 0 bridgehead atoms. The standard InChI is InChI=1S/C19H23FN2O2S/c1-3-17-18(25-13(2)21-17)19(23)22-10-4-5-14(11-22)12-24-16-8-6-15(20)7-9-16/h6-9,14H,3-5,10-12H2,1-2H3. The fourth-order valence-corrected chi connectivity index (χ4v) is 4.13. The zero-order valence-electron chi connectivity index (χ0n) is 14.6. The van der Waals surface area contributed by atoms with Crippen LogP contribution in [0.15, 0.2) is 24.3 Å². The van der Waals surface area contributed by atoms with E-state index in [0.717, 1.165) is 41.4 Å². The molecular formula is C19H23FN2O2S. The van der Waals surface area contributed by atoms with Crippen LogP contribution in [0, 0.1) is 18.7 Å². The predicted octanol–water partition coefficient (Wildman–Crippen LogP) is 4.08. The van der Waals surface area contributed by atoms with Crippen LogP contribution in [0.5, 0.6) is 5.75 Å². The van der Waals surface area contributed by atoms with E-state index in [0.29, 0.717) is 24.8 Å². The fraction of sp³-hybridized carbons (Fsp3) is 0.474. The number of hydrogen-bond donors (Lipinski definition) is 0. The van der Waals surface area contributed by atoms with Gasteiger partial charge in [-0.1, -0.05) is 6.92 Å². The molecule has 1 aliphatic heterocycles. The summed E-state index contributed by atoms with van der Waals surface area (Å²) in [6.45, 7) is 5.99. The highest BCUT2D eigenvalue weighted by atomic mass is 32.1. The smallest absolute Gasteiger partial charge is 0.265 e. The van der Waals surface area contributed by atoms with Gasteiger partial charge in [0.1, 0.15) is 16.4 Å². The Morgan fingerprint density at radius 1 is 1.40 bits per heavy atom. The monoisotopic (exact) mass is 362 g/mol. The summed E-state index contributed by atoms with van der Waals surface area (Å²) in [5.41, 5.74) is 0.900. The van der Waals surface area contributed by atoms with Crippen molar-refractivity contribution in [1.82, 2.24) is 9.88 Å². The minimum Gasteiger partial charge on any atom is -0.493 e. The molecule has 1 fully saturated rings. The summed E-state index contributed by atoms with van der Waals surface area (Å²) in [6.07, 6.45) is 2.78. The summed E-state index contributed by atoms with van der Waals surface area (Å²) in [4.78, 5) is 20.0. The molecule has 0 aliphatic carbocycles. The Bertz CT molecular complexity index is 730. The molecule has 0 spiro atoms. The molecule has 1 unspecified atom stereocenters. The molecule has 2 heterocycles. The number of piperidine rings is 1. The van der Waals surface area contributed by atoms with Crippen LogP contribution in [0.2, 0.25) is 0 Å². The van der Waals surface area contributed by atoms with Crippen LogP contribution < -0.4 is 4.74 Å². The van der Waals surface area contributed by atoms with Gasteiger partial charge in [0, 0.05) is 19.0 Å². The normalized spacial score (nSPS) is 17.6. The Labute approximate surface area is 151 Å². The molecule has 4 nitrogen and oxygen atoms in total. The van der Waals surface area contributed by atoms with E-state index < -0.39 is 0 Å². The molecule has 1 aromatic heterocycles. The maximum atomic E-state index is 12.9. The predicted molar refractivity (Wildman–Crippen MR) is 96.8 cm³/mol. The number of aryl methyl sites for hydroxylation is 2. The van der Waals surface area contributed by atoms with Crippen LogP contribution >= 0.6 is 11.3 Å². The molecule has 2 aromatic rings. The zero-order chi connectivity index (χ0) is 17.8. The van der Waals surface area contributed by atoms with Gasteiger partial charge in [0.05, 0.1) is 17.3 Å². The number of carbonyl (C=O) groups excluding carboxylic acids is 1. The van der Waals surface area contributed by atoms with E-state index >= 15 is 0 Å². The second-order valence-electron chi connectivity index (χ2n) is 6.39. The molecule has 0 saturated carbocycles. The number of hydrogen-bond acceptors (Lipinski definition) is 4. The molecule has 0 radical (unpaired) electrons. The number of benzene rings is 1. The summed E-state index contributed by atoms with van der Waals surface area (Å²) < 4.78 is 18.7. The maximum absolute atomic E-state index is 12.9. The number of halogens is 1. The first-order chi connectivity index (χ1) is 12.1. The molecular weight excluding hydrogens is 339 g/mol. The van der Waals surface area contributed by atoms with Crippen molar-refractivity contribution in [2.75, 3.05) is 19.7 Å². The molecule has 1 aliphatic rings. The first-order valence-corrected chi connectivity index (χ1v) is 9.52. The second-order valence-corrected chi connectivity index (χ2v) is 7.59. The third kappa shape index (κ3) is 4.37. The van der Waals surface area contributed by atoms with Crippen molar-refractivity contribution in [2.24, 2.45) is 5.92 Å². The van der Waals surface area contributed by atoms with E-state index in [9.17, 15) is 9.18 Å². The average Bonchev–Trinajstić information content (AvgIpc) is 3.02. The average molecular weight is 362 g/mol. The van der Waals surface area contributed by atoms with Crippen LogP contribution in [0.1, 0.15) is 40.1 Å². The van der Waals surface area contributed by atoms with E-state index in [-0.39, 0.29) is 11.7 Å². The molecule has 1 aromatic carbocycles. The molecule has 134 valence electrons. The summed E-state index contributed by atoms with van der Waals surface area (Å²) >= 11 is 1.48. The Kier molecular flexibility index (Phi) is 5.68. The van der Waals surface area contributed by atoms with E-state index in [1.807, 2.05) is 18.7 Å². The van der Waals surface area contributed by atoms with Crippen LogP contribution in [-0.2, 0) is 6.42 Å². The van der Waals surface area contributed by atoms with Crippen LogP contribution in [0.3, 0.4) is 0 Å². The minimum absolute atomic E-state index is 0.0916. The number of ether oxygens (including phenoxy) is 1. The second kappa shape index (κ2) is 7.95. The van der Waals surface area contributed by atoms with Crippen LogP contribution in [-0.4, -0.2) is 35.5 Å². The van der Waals surface area contributed by atoms with Gasteiger partial charge in [0.25, 0.3) is 5.91 Å². The highest BCUT2D eigenvalue weighted by Crippen LogP contribution is 2.25. The van der Waals surface area contributed by atoms with Gasteiger partial charge >= 0.3 is 0 Å². The van der Waals surface area contributed by atoms with E-state index in [4.69, 9.17) is 4.74 Å². The first-order valence-electron chi connectivity index (χ1n) is 8.70. The number of thiazole rings is 1. The number of carbonyl (C=O) groups is 1. The molecule has 1 saturated heterocycles. The molecule has 25 heavy (non-hydrogen) atoms. The van der Waals surface area contributed by atoms with Crippen molar-refractivity contribution >= 4 is 17.2 Å². The molecule has 6 heteroatoms. The lowest BCUT2D eigenvalue weighted by Gasteiger charge is -2.32. The third-order valence-corrected chi connectivity index (χ3v) is 5.44. The fourth-order valence-electron chi connectivity index (χ4n) is 3.15. The Hall–Kier alpha value is -1.95. The molecule has 0 N–H and O–H groups in total. The SMILES string of the molecule is CCc1nc(C)sc1C(=O)N1CCCC(COc2ccc(F)cc2)C1. The number of amides is 1. The first kappa shape index (κ1) is 17.9. The number of nitrogens with zero attached hydrogens (tertiary/aromatic N) is 2. The number of likely N-dealkylation sites (tertiary alicyclic amines) is 1. The molecule has 3 rings (SSSR count). The number of aromatic nitrogens is 1. The van der Waals surface area contributed by atoms with Crippen molar-refractivity contribution in [2.45, 2.75) is 33.1 Å². The van der Waals surface area contributed by atoms with Gasteiger partial charge in [-0.25, -0.2) is 9.37 Å². The van der Waals surface area contributed by atoms with E-state index in [1.165, 1.54) is 23.5 Å². The third-order valence-electron chi connectivity index (χ3n) is 4.44. The maximum Gasteiger partial charge on any atom is 0.265 e. The van der Waals surface area contributed by atoms with Gasteiger partial charge < -0.3 is 9.64 Å². The quantitative estimate of drug-likeness (QED) is 0.805. The zero-order valence-corrected chi connectivity index (χ0v) is 15.4. The summed E-state index contributed by atoms with van der Waals surface area (Å²) in [5, 5.41) is 0.938. The van der Waals surface area contributed by atoms with Crippen LogP contribution in [0.4, 0.5) is 4.39 Å². The highest BCUT2D eigenvalue weighted by molar-refractivity contribution is 7.13. The van der Waals surface area contributed by atoms with Gasteiger partial charge in [-0.2, -0.15) is 0 Å². The lowest BCUT2D eigenvalue weighted by atomic mass is 9.98. The lowest BCUT2D eigenvalue weighted by Crippen LogP contribution is -2.41. The lowest BCUT2D eigenvalue weighted by molar-refractivity contribution is 0.0637. The van der Waals surface area contributed by atoms with Crippen molar-refractivity contribution < 1.29 is 13.9 Å². The van der Waals surface area contributed by atoms with Crippen LogP contribution in [0.25, 0.3) is 0 Å². The van der Waals surface area contributed by atoms with E-state index in [1.54, 1.807) is 12.1 Å². The Morgan fingerprint density at radius 3 is 2.88 bits per heavy atom. The largest absolute Gasteiger partial charge is 0.493 e. The molecule has 1 amide bonds. The van der Waals surface area contributed by atoms with Gasteiger partial charge in [-0.3, -0.25) is 4.79 Å². The van der Waals surface area contributed by atoms with Crippen molar-refractivity contribution in [3.05, 3.63) is 45.7 Å². The molecule has 1 atom stereocenters. The Balaban J connectivity index is 1.60. The van der Waals surface area contributed by atoms with Gasteiger partial charge in [0.2, 0.25) is 0 Å². The summed E-state index contributed by atoms with van der Waals surface area (Å²) in [5.74, 6) is 0.778. The van der Waals surface area contributed by atoms with Crippen molar-refractivity contribution in [3.63, 3.8) is 0 Å². The van der Waals surface area contributed by atoms with Gasteiger partial charge in [-0.15, -0.1) is 11.3 Å². The Morgan fingerprint density at radius 2 is 2.16 bits per heavy atom. The van der Waals surface area contributed by atoms with E-state index in [2.05, 4.69) is 4.98 Å².